The molecule has 2 aromatic rings. The number of hydrogen-bond donors (Lipinski definition) is 1. The van der Waals surface area contributed by atoms with Crippen molar-refractivity contribution in [2.24, 2.45) is 0 Å². The predicted octanol–water partition coefficient (Wildman–Crippen LogP) is 2.23. The molecule has 0 saturated carbocycles. The summed E-state index contributed by atoms with van der Waals surface area (Å²) in [6.45, 7) is 4.48. The first-order valence-electron chi connectivity index (χ1n) is 6.90. The van der Waals surface area contributed by atoms with Crippen LogP contribution in [0.4, 0.5) is 5.69 Å². The van der Waals surface area contributed by atoms with Crippen LogP contribution in [0.2, 0.25) is 0 Å². The third-order valence-corrected chi connectivity index (χ3v) is 3.97. The van der Waals surface area contributed by atoms with E-state index in [1.807, 2.05) is 24.3 Å². The Morgan fingerprint density at radius 1 is 1.29 bits per heavy atom. The molecule has 0 bridgehead atoms. The number of ether oxygens (including phenoxy) is 1. The maximum absolute atomic E-state index is 11.9. The van der Waals surface area contributed by atoms with Crippen LogP contribution in [0.15, 0.2) is 35.2 Å². The Kier molecular flexibility index (Phi) is 4.59. The molecule has 0 spiro atoms. The van der Waals surface area contributed by atoms with Crippen molar-refractivity contribution in [2.75, 3.05) is 31.6 Å². The highest BCUT2D eigenvalue weighted by atomic mass is 32.1. The fourth-order valence-electron chi connectivity index (χ4n) is 2.23. The number of carbonyl (C=O) groups excluding carboxylic acids is 1. The zero-order valence-electron chi connectivity index (χ0n) is 11.6. The minimum Gasteiger partial charge on any atom is -0.379 e. The van der Waals surface area contributed by atoms with E-state index in [9.17, 15) is 4.79 Å². The Hall–Kier alpha value is -1.76. The Morgan fingerprint density at radius 3 is 2.71 bits per heavy atom. The van der Waals surface area contributed by atoms with Crippen molar-refractivity contribution in [1.82, 2.24) is 9.88 Å². The van der Waals surface area contributed by atoms with Gasteiger partial charge in [0.15, 0.2) is 0 Å². The van der Waals surface area contributed by atoms with E-state index in [2.05, 4.69) is 15.2 Å². The van der Waals surface area contributed by atoms with Crippen LogP contribution in [-0.4, -0.2) is 42.1 Å². The lowest BCUT2D eigenvalue weighted by atomic mass is 10.2. The molecule has 110 valence electrons. The van der Waals surface area contributed by atoms with Gasteiger partial charge in [-0.15, -0.1) is 11.3 Å². The average Bonchev–Trinajstić information content (AvgIpc) is 3.05. The molecule has 1 aliphatic heterocycles. The summed E-state index contributed by atoms with van der Waals surface area (Å²) in [5.41, 5.74) is 4.14. The molecular weight excluding hydrogens is 286 g/mol. The minimum atomic E-state index is -0.169. The highest BCUT2D eigenvalue weighted by Gasteiger charge is 2.11. The molecule has 2 heterocycles. The lowest BCUT2D eigenvalue weighted by Gasteiger charge is -2.26. The lowest BCUT2D eigenvalue weighted by Crippen LogP contribution is -2.35. The van der Waals surface area contributed by atoms with Gasteiger partial charge < -0.3 is 10.1 Å². The van der Waals surface area contributed by atoms with E-state index < -0.39 is 0 Å². The van der Waals surface area contributed by atoms with Crippen molar-refractivity contribution < 1.29 is 9.53 Å². The maximum Gasteiger partial charge on any atom is 0.275 e. The van der Waals surface area contributed by atoms with Gasteiger partial charge >= 0.3 is 0 Å². The Bertz CT molecular complexity index is 577. The van der Waals surface area contributed by atoms with Gasteiger partial charge in [-0.2, -0.15) is 0 Å². The molecule has 5 nitrogen and oxygen atoms in total. The van der Waals surface area contributed by atoms with E-state index in [1.165, 1.54) is 16.9 Å². The summed E-state index contributed by atoms with van der Waals surface area (Å²) < 4.78 is 5.34. The molecule has 1 aromatic carbocycles. The van der Waals surface area contributed by atoms with Gasteiger partial charge in [-0.1, -0.05) is 12.1 Å². The monoisotopic (exact) mass is 303 g/mol. The maximum atomic E-state index is 11.9. The molecule has 1 fully saturated rings. The number of nitrogens with one attached hydrogen (secondary N) is 1. The second kappa shape index (κ2) is 6.80. The van der Waals surface area contributed by atoms with Crippen molar-refractivity contribution in [2.45, 2.75) is 6.54 Å². The van der Waals surface area contributed by atoms with Crippen LogP contribution in [0.5, 0.6) is 0 Å². The summed E-state index contributed by atoms with van der Waals surface area (Å²) in [6, 6.07) is 7.96. The van der Waals surface area contributed by atoms with Crippen LogP contribution in [0.1, 0.15) is 16.1 Å². The quantitative estimate of drug-likeness (QED) is 0.941. The van der Waals surface area contributed by atoms with Crippen LogP contribution in [0.3, 0.4) is 0 Å². The second-order valence-corrected chi connectivity index (χ2v) is 5.63. The van der Waals surface area contributed by atoms with Gasteiger partial charge in [0.2, 0.25) is 0 Å². The molecule has 1 aliphatic rings. The zero-order chi connectivity index (χ0) is 14.5. The van der Waals surface area contributed by atoms with Crippen molar-refractivity contribution in [3.05, 3.63) is 46.4 Å². The molecule has 0 atom stereocenters. The second-order valence-electron chi connectivity index (χ2n) is 4.91. The molecule has 6 heteroatoms. The van der Waals surface area contributed by atoms with Gasteiger partial charge in [-0.05, 0) is 17.7 Å². The van der Waals surface area contributed by atoms with Crippen LogP contribution in [0.25, 0.3) is 0 Å². The van der Waals surface area contributed by atoms with E-state index >= 15 is 0 Å². The molecule has 0 radical (unpaired) electrons. The highest BCUT2D eigenvalue weighted by Crippen LogP contribution is 2.13. The number of anilines is 1. The first kappa shape index (κ1) is 14.2. The molecule has 0 aliphatic carbocycles. The Labute approximate surface area is 127 Å². The van der Waals surface area contributed by atoms with Crippen LogP contribution < -0.4 is 5.32 Å². The Morgan fingerprint density at radius 2 is 2.05 bits per heavy atom. The molecule has 3 rings (SSSR count). The van der Waals surface area contributed by atoms with Crippen molar-refractivity contribution in [3.63, 3.8) is 0 Å². The number of hydrogen-bond acceptors (Lipinski definition) is 5. The lowest BCUT2D eigenvalue weighted by molar-refractivity contribution is 0.0342. The van der Waals surface area contributed by atoms with E-state index in [0.29, 0.717) is 5.69 Å². The van der Waals surface area contributed by atoms with Crippen molar-refractivity contribution in [1.29, 1.82) is 0 Å². The smallest absolute Gasteiger partial charge is 0.275 e. The average molecular weight is 303 g/mol. The topological polar surface area (TPSA) is 54.5 Å². The molecule has 21 heavy (non-hydrogen) atoms. The number of thiazole rings is 1. The molecule has 1 amide bonds. The summed E-state index contributed by atoms with van der Waals surface area (Å²) in [4.78, 5) is 18.3. The summed E-state index contributed by atoms with van der Waals surface area (Å²) in [6.07, 6.45) is 0. The van der Waals surface area contributed by atoms with Crippen molar-refractivity contribution >= 4 is 22.9 Å². The first-order valence-corrected chi connectivity index (χ1v) is 7.84. The third kappa shape index (κ3) is 3.87. The van der Waals surface area contributed by atoms with Gasteiger partial charge in [0, 0.05) is 30.7 Å². The minimum absolute atomic E-state index is 0.169. The summed E-state index contributed by atoms with van der Waals surface area (Å²) >= 11 is 1.41. The van der Waals surface area contributed by atoms with Gasteiger partial charge in [0.1, 0.15) is 5.69 Å². The number of carbonyl (C=O) groups is 1. The first-order chi connectivity index (χ1) is 10.3. The molecule has 1 saturated heterocycles. The predicted molar refractivity (Wildman–Crippen MR) is 82.6 cm³/mol. The summed E-state index contributed by atoms with van der Waals surface area (Å²) in [7, 11) is 0. The van der Waals surface area contributed by atoms with Crippen LogP contribution >= 0.6 is 11.3 Å². The number of amides is 1. The highest BCUT2D eigenvalue weighted by molar-refractivity contribution is 7.07. The number of nitrogens with zero attached hydrogens (tertiary/aromatic N) is 2. The van der Waals surface area contributed by atoms with E-state index in [-0.39, 0.29) is 5.91 Å². The molecular formula is C15H17N3O2S. The number of morpholine rings is 1. The third-order valence-electron chi connectivity index (χ3n) is 3.39. The number of aromatic nitrogens is 1. The van der Waals surface area contributed by atoms with Gasteiger partial charge in [-0.3, -0.25) is 9.69 Å². The normalized spacial score (nSPS) is 15.8. The van der Waals surface area contributed by atoms with Gasteiger partial charge in [-0.25, -0.2) is 4.98 Å². The largest absolute Gasteiger partial charge is 0.379 e. The molecule has 1 N–H and O–H groups in total. The summed E-state index contributed by atoms with van der Waals surface area (Å²) in [5, 5.41) is 4.59. The molecule has 1 aromatic heterocycles. The fourth-order valence-corrected chi connectivity index (χ4v) is 2.76. The standard InChI is InChI=1S/C15H17N3O2S/c19-15(14-10-21-11-16-14)17-13-3-1-12(2-4-13)9-18-5-7-20-8-6-18/h1-4,10-11H,5-9H2,(H,17,19). The van der Waals surface area contributed by atoms with Crippen LogP contribution in [0, 0.1) is 0 Å². The number of rotatable bonds is 4. The zero-order valence-corrected chi connectivity index (χ0v) is 12.4. The number of benzene rings is 1. The van der Waals surface area contributed by atoms with E-state index in [1.54, 1.807) is 10.9 Å². The summed E-state index contributed by atoms with van der Waals surface area (Å²) in [5.74, 6) is -0.169. The SMILES string of the molecule is O=C(Nc1ccc(CN2CCOCC2)cc1)c1cscn1. The van der Waals surface area contributed by atoms with Crippen LogP contribution in [-0.2, 0) is 11.3 Å². The van der Waals surface area contributed by atoms with Gasteiger partial charge in [0.05, 0.1) is 18.7 Å². The van der Waals surface area contributed by atoms with Gasteiger partial charge in [0.25, 0.3) is 5.91 Å². The molecule has 0 unspecified atom stereocenters. The Balaban J connectivity index is 1.57. The van der Waals surface area contributed by atoms with E-state index in [0.717, 1.165) is 38.5 Å². The van der Waals surface area contributed by atoms with E-state index in [4.69, 9.17) is 4.74 Å². The fraction of sp³-hybridized carbons (Fsp3) is 0.333. The van der Waals surface area contributed by atoms with Crippen molar-refractivity contribution in [3.8, 4) is 0 Å².